The zero-order valence-electron chi connectivity index (χ0n) is 11.6. The van der Waals surface area contributed by atoms with Crippen LogP contribution in [0.25, 0.3) is 0 Å². The molecule has 1 aromatic rings. The first-order chi connectivity index (χ1) is 9.26. The lowest BCUT2D eigenvalue weighted by molar-refractivity contribution is 0.199. The molecular formula is C14H22FNO2S. The smallest absolute Gasteiger partial charge is 0.127 e. The van der Waals surface area contributed by atoms with Gasteiger partial charge in [0, 0.05) is 32.0 Å². The van der Waals surface area contributed by atoms with E-state index in [1.54, 1.807) is 7.11 Å². The lowest BCUT2D eigenvalue weighted by atomic mass is 10.2. The Balaban J connectivity index is 2.41. The Hall–Kier alpha value is -0.780. The highest BCUT2D eigenvalue weighted by molar-refractivity contribution is 7.99. The van der Waals surface area contributed by atoms with Gasteiger partial charge in [-0.3, -0.25) is 0 Å². The molecule has 0 saturated heterocycles. The maximum atomic E-state index is 13.4. The molecule has 0 aliphatic carbocycles. The topological polar surface area (TPSA) is 30.5 Å². The van der Waals surface area contributed by atoms with Gasteiger partial charge < -0.3 is 14.8 Å². The van der Waals surface area contributed by atoms with Crippen molar-refractivity contribution >= 4 is 11.8 Å². The van der Waals surface area contributed by atoms with E-state index in [0.717, 1.165) is 23.6 Å². The molecule has 0 radical (unpaired) electrons. The number of nitrogens with one attached hydrogen (secondary N) is 1. The van der Waals surface area contributed by atoms with Gasteiger partial charge in [-0.05, 0) is 23.4 Å². The van der Waals surface area contributed by atoms with Crippen molar-refractivity contribution in [1.29, 1.82) is 0 Å². The van der Waals surface area contributed by atoms with Crippen molar-refractivity contribution in [3.05, 3.63) is 29.6 Å². The highest BCUT2D eigenvalue weighted by Gasteiger charge is 2.02. The minimum Gasteiger partial charge on any atom is -0.493 e. The Morgan fingerprint density at radius 2 is 2.11 bits per heavy atom. The first kappa shape index (κ1) is 16.3. The number of benzene rings is 1. The zero-order chi connectivity index (χ0) is 13.9. The molecule has 0 heterocycles. The van der Waals surface area contributed by atoms with Crippen LogP contribution in [0.4, 0.5) is 4.39 Å². The van der Waals surface area contributed by atoms with E-state index >= 15 is 0 Å². The second-order valence-electron chi connectivity index (χ2n) is 4.01. The van der Waals surface area contributed by atoms with Gasteiger partial charge in [0.1, 0.15) is 11.6 Å². The van der Waals surface area contributed by atoms with Crippen molar-refractivity contribution in [2.24, 2.45) is 0 Å². The molecule has 19 heavy (non-hydrogen) atoms. The highest BCUT2D eigenvalue weighted by atomic mass is 32.2. The van der Waals surface area contributed by atoms with E-state index < -0.39 is 0 Å². The van der Waals surface area contributed by atoms with Gasteiger partial charge in [-0.1, -0.05) is 6.92 Å². The molecule has 1 aromatic carbocycles. The average molecular weight is 287 g/mol. The van der Waals surface area contributed by atoms with Crippen LogP contribution in [0, 0.1) is 5.82 Å². The first-order valence-corrected chi connectivity index (χ1v) is 7.61. The van der Waals surface area contributed by atoms with E-state index in [1.165, 1.54) is 12.1 Å². The molecule has 0 fully saturated rings. The largest absolute Gasteiger partial charge is 0.493 e. The number of halogens is 1. The second-order valence-corrected chi connectivity index (χ2v) is 5.40. The molecule has 0 aliphatic heterocycles. The van der Waals surface area contributed by atoms with Gasteiger partial charge in [0.15, 0.2) is 0 Å². The number of ether oxygens (including phenoxy) is 2. The molecule has 108 valence electrons. The average Bonchev–Trinajstić information content (AvgIpc) is 2.39. The minimum atomic E-state index is -0.260. The van der Waals surface area contributed by atoms with Crippen molar-refractivity contribution in [1.82, 2.24) is 5.32 Å². The van der Waals surface area contributed by atoms with Crippen LogP contribution in [0.15, 0.2) is 18.2 Å². The third kappa shape index (κ3) is 7.40. The molecular weight excluding hydrogens is 265 g/mol. The Morgan fingerprint density at radius 1 is 1.26 bits per heavy atom. The summed E-state index contributed by atoms with van der Waals surface area (Å²) in [6, 6.07) is 4.82. The maximum absolute atomic E-state index is 13.4. The molecule has 3 nitrogen and oxygen atoms in total. The van der Waals surface area contributed by atoms with E-state index in [4.69, 9.17) is 9.47 Å². The molecule has 1 N–H and O–H groups in total. The summed E-state index contributed by atoms with van der Waals surface area (Å²) in [6.07, 6.45) is 0. The molecule has 0 aliphatic rings. The van der Waals surface area contributed by atoms with Crippen molar-refractivity contribution < 1.29 is 13.9 Å². The predicted molar refractivity (Wildman–Crippen MR) is 78.5 cm³/mol. The monoisotopic (exact) mass is 287 g/mol. The lowest BCUT2D eigenvalue weighted by Crippen LogP contribution is -2.18. The lowest BCUT2D eigenvalue weighted by Gasteiger charge is -2.09. The van der Waals surface area contributed by atoms with Crippen molar-refractivity contribution in [3.8, 4) is 5.75 Å². The molecule has 0 spiro atoms. The molecule has 0 unspecified atom stereocenters. The van der Waals surface area contributed by atoms with Crippen molar-refractivity contribution in [2.75, 3.05) is 38.4 Å². The van der Waals surface area contributed by atoms with Crippen LogP contribution in [0.1, 0.15) is 12.5 Å². The number of thioether (sulfide) groups is 1. The number of methoxy groups -OCH3 is 1. The summed E-state index contributed by atoms with van der Waals surface area (Å²) in [6.45, 7) is 4.72. The summed E-state index contributed by atoms with van der Waals surface area (Å²) in [5.74, 6) is 2.33. The molecule has 5 heteroatoms. The number of hydrogen-bond acceptors (Lipinski definition) is 4. The second kappa shape index (κ2) is 10.1. The fraction of sp³-hybridized carbons (Fsp3) is 0.571. The summed E-state index contributed by atoms with van der Waals surface area (Å²) in [5, 5.41) is 3.18. The molecule has 0 aromatic heterocycles. The zero-order valence-corrected chi connectivity index (χ0v) is 12.4. The Kier molecular flexibility index (Phi) is 8.62. The van der Waals surface area contributed by atoms with Gasteiger partial charge >= 0.3 is 0 Å². The van der Waals surface area contributed by atoms with Crippen LogP contribution in [0.5, 0.6) is 5.75 Å². The predicted octanol–water partition coefficient (Wildman–Crippen LogP) is 2.69. The van der Waals surface area contributed by atoms with Gasteiger partial charge in [-0.15, -0.1) is 0 Å². The molecule has 0 atom stereocenters. The van der Waals surface area contributed by atoms with Crippen LogP contribution in [0.2, 0.25) is 0 Å². The third-order valence-corrected chi connectivity index (χ3v) is 3.31. The molecule has 0 amide bonds. The summed E-state index contributed by atoms with van der Waals surface area (Å²) in [7, 11) is 1.66. The molecule has 0 bridgehead atoms. The van der Waals surface area contributed by atoms with Gasteiger partial charge in [0.2, 0.25) is 0 Å². The van der Waals surface area contributed by atoms with Crippen molar-refractivity contribution in [3.63, 3.8) is 0 Å². The fourth-order valence-electron chi connectivity index (χ4n) is 1.58. The Morgan fingerprint density at radius 3 is 2.84 bits per heavy atom. The van der Waals surface area contributed by atoms with Gasteiger partial charge in [0.05, 0.1) is 13.2 Å². The third-order valence-electron chi connectivity index (χ3n) is 2.44. The van der Waals surface area contributed by atoms with Crippen LogP contribution in [-0.4, -0.2) is 38.4 Å². The van der Waals surface area contributed by atoms with Gasteiger partial charge in [-0.25, -0.2) is 4.39 Å². The fourth-order valence-corrected chi connectivity index (χ4v) is 2.07. The normalized spacial score (nSPS) is 10.7. The Labute approximate surface area is 118 Å². The summed E-state index contributed by atoms with van der Waals surface area (Å²) < 4.78 is 23.9. The van der Waals surface area contributed by atoms with E-state index in [2.05, 4.69) is 12.2 Å². The maximum Gasteiger partial charge on any atom is 0.127 e. The standard InChI is InChI=1S/C14H22FNO2S/c1-3-19-7-6-18-14-9-12(8-13(15)10-14)11-16-4-5-17-2/h8-10,16H,3-7,11H2,1-2H3. The number of rotatable bonds is 10. The van der Waals surface area contributed by atoms with Gasteiger partial charge in [0.25, 0.3) is 0 Å². The molecule has 1 rings (SSSR count). The number of hydrogen-bond donors (Lipinski definition) is 1. The Bertz CT molecular complexity index is 333. The van der Waals surface area contributed by atoms with E-state index in [0.29, 0.717) is 25.5 Å². The summed E-state index contributed by atoms with van der Waals surface area (Å²) in [4.78, 5) is 0. The quantitative estimate of drug-likeness (QED) is 0.670. The van der Waals surface area contributed by atoms with Crippen molar-refractivity contribution in [2.45, 2.75) is 13.5 Å². The van der Waals surface area contributed by atoms with E-state index in [1.807, 2.05) is 17.8 Å². The van der Waals surface area contributed by atoms with Crippen LogP contribution >= 0.6 is 11.8 Å². The highest BCUT2D eigenvalue weighted by Crippen LogP contribution is 2.16. The SMILES string of the molecule is CCSCCOc1cc(F)cc(CNCCOC)c1. The summed E-state index contributed by atoms with van der Waals surface area (Å²) >= 11 is 1.81. The molecule has 0 saturated carbocycles. The van der Waals surface area contributed by atoms with Crippen LogP contribution in [-0.2, 0) is 11.3 Å². The minimum absolute atomic E-state index is 0.260. The van der Waals surface area contributed by atoms with E-state index in [-0.39, 0.29) is 5.82 Å². The summed E-state index contributed by atoms with van der Waals surface area (Å²) in [5.41, 5.74) is 0.884. The first-order valence-electron chi connectivity index (χ1n) is 6.46. The van der Waals surface area contributed by atoms with Crippen LogP contribution in [0.3, 0.4) is 0 Å². The van der Waals surface area contributed by atoms with E-state index in [9.17, 15) is 4.39 Å². The van der Waals surface area contributed by atoms with Gasteiger partial charge in [-0.2, -0.15) is 11.8 Å². The van der Waals surface area contributed by atoms with Crippen LogP contribution < -0.4 is 10.1 Å².